The van der Waals surface area contributed by atoms with Crippen molar-refractivity contribution in [3.63, 3.8) is 0 Å². The third-order valence-electron chi connectivity index (χ3n) is 3.28. The number of carbonyl (C=O) groups excluding carboxylic acids is 1. The Morgan fingerprint density at radius 2 is 1.96 bits per heavy atom. The van der Waals surface area contributed by atoms with E-state index in [1.54, 1.807) is 19.1 Å². The number of rotatable bonds is 5. The zero-order valence-electron chi connectivity index (χ0n) is 13.1. The van der Waals surface area contributed by atoms with Crippen LogP contribution < -0.4 is 10.1 Å². The van der Waals surface area contributed by atoms with E-state index in [9.17, 15) is 14.7 Å². The van der Waals surface area contributed by atoms with Crippen LogP contribution in [-0.4, -0.2) is 28.7 Å². The van der Waals surface area contributed by atoms with Crippen molar-refractivity contribution in [2.75, 3.05) is 11.9 Å². The Morgan fingerprint density at radius 1 is 1.25 bits per heavy atom. The Hall–Kier alpha value is -2.73. The third kappa shape index (κ3) is 3.78. The molecule has 0 heterocycles. The molecule has 0 aliphatic heterocycles. The number of ether oxygens (including phenoxy) is 1. The monoisotopic (exact) mass is 349 g/mol. The number of phenols is 1. The highest BCUT2D eigenvalue weighted by Crippen LogP contribution is 2.28. The van der Waals surface area contributed by atoms with Gasteiger partial charge in [0.15, 0.2) is 0 Å². The van der Waals surface area contributed by atoms with Crippen molar-refractivity contribution in [1.29, 1.82) is 0 Å². The fourth-order valence-electron chi connectivity index (χ4n) is 2.13. The summed E-state index contributed by atoms with van der Waals surface area (Å²) in [6.07, 6.45) is 0. The number of halogens is 1. The van der Waals surface area contributed by atoms with Gasteiger partial charge < -0.3 is 20.3 Å². The molecule has 0 aliphatic rings. The second-order valence-electron chi connectivity index (χ2n) is 5.03. The molecule has 0 radical (unpaired) electrons. The number of aromatic carboxylic acids is 1. The molecule has 1 amide bonds. The molecule has 0 saturated carbocycles. The number of carbonyl (C=O) groups is 2. The molecule has 0 atom stereocenters. The topological polar surface area (TPSA) is 95.9 Å². The van der Waals surface area contributed by atoms with Crippen molar-refractivity contribution < 1.29 is 24.5 Å². The van der Waals surface area contributed by atoms with Crippen LogP contribution in [0.2, 0.25) is 5.02 Å². The maximum absolute atomic E-state index is 12.3. The molecule has 2 aromatic rings. The van der Waals surface area contributed by atoms with Gasteiger partial charge in [0, 0.05) is 11.3 Å². The minimum absolute atomic E-state index is 0.262. The van der Waals surface area contributed by atoms with Crippen LogP contribution in [0, 0.1) is 6.92 Å². The fourth-order valence-corrected chi connectivity index (χ4v) is 2.37. The summed E-state index contributed by atoms with van der Waals surface area (Å²) >= 11 is 6.05. The van der Waals surface area contributed by atoms with Gasteiger partial charge in [0.25, 0.3) is 5.91 Å². The standard InChI is InChI=1S/C17H16ClNO5/c1-3-24-14-5-4-10(7-13(14)18)16(21)19-11-6-9(2)15(20)12(8-11)17(22)23/h4-8,20H,3H2,1-2H3,(H,19,21)(H,22,23). The van der Waals surface area contributed by atoms with E-state index >= 15 is 0 Å². The molecule has 0 saturated heterocycles. The number of hydrogen-bond donors (Lipinski definition) is 3. The maximum Gasteiger partial charge on any atom is 0.339 e. The molecule has 0 aliphatic carbocycles. The molecule has 0 spiro atoms. The molecule has 7 heteroatoms. The Bertz CT molecular complexity index is 804. The van der Waals surface area contributed by atoms with Crippen LogP contribution in [0.3, 0.4) is 0 Å². The Kier molecular flexibility index (Phi) is 5.31. The van der Waals surface area contributed by atoms with Crippen molar-refractivity contribution in [2.24, 2.45) is 0 Å². The lowest BCUT2D eigenvalue weighted by molar-refractivity contribution is 0.0693. The zero-order chi connectivity index (χ0) is 17.9. The first-order chi connectivity index (χ1) is 11.3. The predicted octanol–water partition coefficient (Wildman–Crippen LogP) is 3.70. The third-order valence-corrected chi connectivity index (χ3v) is 3.58. The quantitative estimate of drug-likeness (QED) is 0.715. The lowest BCUT2D eigenvalue weighted by atomic mass is 10.1. The van der Waals surface area contributed by atoms with Crippen LogP contribution >= 0.6 is 11.6 Å². The number of carboxylic acids is 1. The summed E-state index contributed by atoms with van der Waals surface area (Å²) in [6, 6.07) is 7.28. The first-order valence-corrected chi connectivity index (χ1v) is 7.52. The van der Waals surface area contributed by atoms with Crippen LogP contribution in [0.4, 0.5) is 5.69 Å². The number of benzene rings is 2. The maximum atomic E-state index is 12.3. The Labute approximate surface area is 143 Å². The van der Waals surface area contributed by atoms with Crippen LogP contribution in [0.25, 0.3) is 0 Å². The molecule has 2 aromatic carbocycles. The minimum atomic E-state index is -1.28. The van der Waals surface area contributed by atoms with Crippen molar-refractivity contribution in [3.8, 4) is 11.5 Å². The van der Waals surface area contributed by atoms with Crippen LogP contribution in [0.1, 0.15) is 33.2 Å². The molecule has 0 unspecified atom stereocenters. The second-order valence-corrected chi connectivity index (χ2v) is 5.43. The van der Waals surface area contributed by atoms with E-state index in [1.807, 2.05) is 6.92 Å². The molecule has 126 valence electrons. The van der Waals surface area contributed by atoms with E-state index < -0.39 is 11.9 Å². The summed E-state index contributed by atoms with van der Waals surface area (Å²) in [4.78, 5) is 23.4. The van der Waals surface area contributed by atoms with Gasteiger partial charge in [-0.05, 0) is 49.7 Å². The summed E-state index contributed by atoms with van der Waals surface area (Å²) < 4.78 is 5.30. The summed E-state index contributed by atoms with van der Waals surface area (Å²) in [5, 5.41) is 21.7. The molecule has 2 rings (SSSR count). The smallest absolute Gasteiger partial charge is 0.339 e. The highest BCUT2D eigenvalue weighted by atomic mass is 35.5. The van der Waals surface area contributed by atoms with Gasteiger partial charge in [-0.2, -0.15) is 0 Å². The summed E-state index contributed by atoms with van der Waals surface area (Å²) in [7, 11) is 0. The molecule has 0 bridgehead atoms. The summed E-state index contributed by atoms with van der Waals surface area (Å²) in [6.45, 7) is 3.82. The molecule has 24 heavy (non-hydrogen) atoms. The fraction of sp³-hybridized carbons (Fsp3) is 0.176. The molecule has 0 fully saturated rings. The largest absolute Gasteiger partial charge is 0.507 e. The minimum Gasteiger partial charge on any atom is -0.507 e. The molecule has 3 N–H and O–H groups in total. The highest BCUT2D eigenvalue weighted by molar-refractivity contribution is 6.32. The molecule has 0 aromatic heterocycles. The van der Waals surface area contributed by atoms with Crippen molar-refractivity contribution in [3.05, 3.63) is 52.0 Å². The number of aromatic hydroxyl groups is 1. The van der Waals surface area contributed by atoms with E-state index in [-0.39, 0.29) is 17.0 Å². The van der Waals surface area contributed by atoms with Gasteiger partial charge >= 0.3 is 5.97 Å². The van der Waals surface area contributed by atoms with E-state index in [0.29, 0.717) is 28.5 Å². The molecular formula is C17H16ClNO5. The first-order valence-electron chi connectivity index (χ1n) is 7.14. The number of aryl methyl sites for hydroxylation is 1. The van der Waals surface area contributed by atoms with Gasteiger partial charge in [-0.25, -0.2) is 4.79 Å². The van der Waals surface area contributed by atoms with Crippen LogP contribution in [0.5, 0.6) is 11.5 Å². The van der Waals surface area contributed by atoms with Gasteiger partial charge in [0.2, 0.25) is 0 Å². The van der Waals surface area contributed by atoms with Gasteiger partial charge in [-0.15, -0.1) is 0 Å². The molecule has 6 nitrogen and oxygen atoms in total. The van der Waals surface area contributed by atoms with Crippen molar-refractivity contribution in [2.45, 2.75) is 13.8 Å². The summed E-state index contributed by atoms with van der Waals surface area (Å²) in [5.74, 6) is -1.59. The van der Waals surface area contributed by atoms with Crippen LogP contribution in [0.15, 0.2) is 30.3 Å². The van der Waals surface area contributed by atoms with Crippen molar-refractivity contribution >= 4 is 29.2 Å². The van der Waals surface area contributed by atoms with Gasteiger partial charge in [0.1, 0.15) is 17.1 Å². The van der Waals surface area contributed by atoms with E-state index in [2.05, 4.69) is 5.32 Å². The van der Waals surface area contributed by atoms with Crippen LogP contribution in [-0.2, 0) is 0 Å². The SMILES string of the molecule is CCOc1ccc(C(=O)Nc2cc(C)c(O)c(C(=O)O)c2)cc1Cl. The highest BCUT2D eigenvalue weighted by Gasteiger charge is 2.15. The van der Waals surface area contributed by atoms with Crippen molar-refractivity contribution in [1.82, 2.24) is 0 Å². The average Bonchev–Trinajstić information content (AvgIpc) is 2.52. The Balaban J connectivity index is 2.27. The normalized spacial score (nSPS) is 10.3. The number of nitrogens with one attached hydrogen (secondary N) is 1. The van der Waals surface area contributed by atoms with Gasteiger partial charge in [-0.3, -0.25) is 4.79 Å². The number of anilines is 1. The summed E-state index contributed by atoms with van der Waals surface area (Å²) in [5.41, 5.74) is 0.619. The Morgan fingerprint density at radius 3 is 2.54 bits per heavy atom. The van der Waals surface area contributed by atoms with E-state index in [1.165, 1.54) is 18.2 Å². The van der Waals surface area contributed by atoms with E-state index in [0.717, 1.165) is 0 Å². The number of amides is 1. The van der Waals surface area contributed by atoms with E-state index in [4.69, 9.17) is 21.4 Å². The zero-order valence-corrected chi connectivity index (χ0v) is 13.8. The lowest BCUT2D eigenvalue weighted by Gasteiger charge is -2.11. The molecular weight excluding hydrogens is 334 g/mol. The first kappa shape index (κ1) is 17.6. The van der Waals surface area contributed by atoms with Gasteiger partial charge in [0.05, 0.1) is 11.6 Å². The number of carboxylic acid groups (broad SMARTS) is 1. The second kappa shape index (κ2) is 7.23. The average molecular weight is 350 g/mol. The predicted molar refractivity (Wildman–Crippen MR) is 90.4 cm³/mol. The van der Waals surface area contributed by atoms with Gasteiger partial charge in [-0.1, -0.05) is 11.6 Å². The lowest BCUT2D eigenvalue weighted by Crippen LogP contribution is -2.13. The number of hydrogen-bond acceptors (Lipinski definition) is 4.